The third-order valence-corrected chi connectivity index (χ3v) is 14.9. The van der Waals surface area contributed by atoms with Crippen LogP contribution in [0.2, 0.25) is 0 Å². The summed E-state index contributed by atoms with van der Waals surface area (Å²) in [5, 5.41) is 20.5. The molecule has 0 aromatic rings. The number of ether oxygens (including phenoxy) is 3. The van der Waals surface area contributed by atoms with Crippen LogP contribution in [0.25, 0.3) is 0 Å². The molecule has 5 atom stereocenters. The average molecular weight is 1240 g/mol. The van der Waals surface area contributed by atoms with Gasteiger partial charge >= 0.3 is 33.6 Å². The minimum atomic E-state index is -4.93. The first-order valence-electron chi connectivity index (χ1n) is 32.2. The fourth-order valence-electron chi connectivity index (χ4n) is 7.99. The number of phosphoric ester groups is 2. The largest absolute Gasteiger partial charge is 0.472 e. The topological polar surface area (TPSA) is 231 Å². The average Bonchev–Trinajstić information content (AvgIpc) is 3.60. The molecule has 0 rings (SSSR count). The second kappa shape index (κ2) is 60.5. The van der Waals surface area contributed by atoms with Crippen LogP contribution in [-0.2, 0) is 55.8 Å². The molecule has 0 radical (unpaired) electrons. The number of rotatable bonds is 60. The molecule has 0 bridgehead atoms. The molecule has 5 unspecified atom stereocenters. The Morgan fingerprint density at radius 2 is 0.635 bits per heavy atom. The molecule has 488 valence electrons. The van der Waals surface area contributed by atoms with Crippen molar-refractivity contribution in [3.05, 3.63) is 109 Å². The standard InChI is InChI=1S/C67H114O16P2/c1-4-7-10-13-16-19-22-24-26-28-30-32-34-36-39-41-44-47-50-53-65(70)77-56-62(68)57-79-84(73,74)80-58-63(69)59-81-85(75,76)82-61-64(83-67(72)55-52-49-46-43-38-21-18-15-12-9-6-3)60-78-66(71)54-51-48-45-42-40-37-35-33-31-29-27-25-23-20-17-14-11-8-5-2/h7,10,15-20,24-27,30-33,36,39,62-64,68-69H,4-6,8-9,11-14,21-23,28-29,34-35,37-38,40-61H2,1-3H3,(H,73,74)(H,75,76)/b10-7-,18-15-,19-16-,20-17-,26-24-,27-25-,32-30-,33-31-,39-36-. The van der Waals surface area contributed by atoms with Crippen LogP contribution in [-0.4, -0.2) is 95.9 Å². The van der Waals surface area contributed by atoms with Crippen molar-refractivity contribution >= 4 is 33.6 Å². The van der Waals surface area contributed by atoms with Crippen molar-refractivity contribution in [2.75, 3.05) is 39.6 Å². The Morgan fingerprint density at radius 3 is 1.05 bits per heavy atom. The van der Waals surface area contributed by atoms with Gasteiger partial charge in [0.25, 0.3) is 0 Å². The summed E-state index contributed by atoms with van der Waals surface area (Å²) in [4.78, 5) is 58.2. The Bertz CT molecular complexity index is 1990. The number of carbonyl (C=O) groups excluding carboxylic acids is 3. The van der Waals surface area contributed by atoms with Crippen molar-refractivity contribution in [2.24, 2.45) is 0 Å². The quantitative estimate of drug-likeness (QED) is 0.0146. The smallest absolute Gasteiger partial charge is 0.463 e. The van der Waals surface area contributed by atoms with Crippen molar-refractivity contribution in [1.29, 1.82) is 0 Å². The molecule has 0 heterocycles. The molecule has 0 aromatic heterocycles. The van der Waals surface area contributed by atoms with Crippen LogP contribution < -0.4 is 0 Å². The zero-order valence-corrected chi connectivity index (χ0v) is 54.3. The van der Waals surface area contributed by atoms with Gasteiger partial charge in [0, 0.05) is 19.3 Å². The minimum Gasteiger partial charge on any atom is -0.463 e. The SMILES string of the molecule is CC/C=C\C/C=C\C/C=C\C/C=C\C/C=C\CCCCCC(=O)OCC(O)COP(=O)(O)OCC(O)COP(=O)(O)OCC(COC(=O)CCCCCCCC/C=C\C/C=C\C/C=C\CCCCC)OC(=O)CCCCCCC/C=C\CCCC. The van der Waals surface area contributed by atoms with Gasteiger partial charge in [-0.2, -0.15) is 0 Å². The zero-order chi connectivity index (χ0) is 62.4. The maximum Gasteiger partial charge on any atom is 0.472 e. The van der Waals surface area contributed by atoms with E-state index in [-0.39, 0.29) is 19.3 Å². The van der Waals surface area contributed by atoms with Gasteiger partial charge in [0.15, 0.2) is 6.10 Å². The molecule has 0 amide bonds. The number of phosphoric acid groups is 2. The Labute approximate surface area is 513 Å². The van der Waals surface area contributed by atoms with E-state index in [2.05, 4.69) is 130 Å². The molecule has 0 aliphatic rings. The van der Waals surface area contributed by atoms with E-state index >= 15 is 0 Å². The predicted molar refractivity (Wildman–Crippen MR) is 344 cm³/mol. The summed E-state index contributed by atoms with van der Waals surface area (Å²) < 4.78 is 60.7. The highest BCUT2D eigenvalue weighted by Gasteiger charge is 2.29. The van der Waals surface area contributed by atoms with Crippen LogP contribution in [0.15, 0.2) is 109 Å². The molecule has 16 nitrogen and oxygen atoms in total. The maximum absolute atomic E-state index is 12.9. The fourth-order valence-corrected chi connectivity index (χ4v) is 9.58. The number of unbranched alkanes of at least 4 members (excludes halogenated alkanes) is 19. The highest BCUT2D eigenvalue weighted by atomic mass is 31.2. The van der Waals surface area contributed by atoms with E-state index in [1.807, 2.05) is 0 Å². The van der Waals surface area contributed by atoms with E-state index in [1.165, 1.54) is 32.1 Å². The first kappa shape index (κ1) is 81.2. The van der Waals surface area contributed by atoms with Gasteiger partial charge in [-0.1, -0.05) is 207 Å². The maximum atomic E-state index is 12.9. The molecule has 85 heavy (non-hydrogen) atoms. The van der Waals surface area contributed by atoms with Crippen molar-refractivity contribution in [3.8, 4) is 0 Å². The number of esters is 3. The molecule has 18 heteroatoms. The lowest BCUT2D eigenvalue weighted by atomic mass is 10.1. The monoisotopic (exact) mass is 1240 g/mol. The third-order valence-electron chi connectivity index (χ3n) is 13.0. The summed E-state index contributed by atoms with van der Waals surface area (Å²) in [6.07, 6.45) is 65.8. The Kier molecular flexibility index (Phi) is 57.8. The van der Waals surface area contributed by atoms with Crippen LogP contribution in [0.3, 0.4) is 0 Å². The number of hydrogen-bond donors (Lipinski definition) is 4. The van der Waals surface area contributed by atoms with Gasteiger partial charge in [0.1, 0.15) is 25.4 Å². The molecular weight excluding hydrogens is 1120 g/mol. The summed E-state index contributed by atoms with van der Waals surface area (Å²) in [5.74, 6) is -1.64. The van der Waals surface area contributed by atoms with E-state index in [1.54, 1.807) is 0 Å². The van der Waals surface area contributed by atoms with Crippen LogP contribution in [0, 0.1) is 0 Å². The molecule has 4 N–H and O–H groups in total. The minimum absolute atomic E-state index is 0.0883. The van der Waals surface area contributed by atoms with Crippen molar-refractivity contribution in [2.45, 2.75) is 257 Å². The zero-order valence-electron chi connectivity index (χ0n) is 52.5. The van der Waals surface area contributed by atoms with Crippen molar-refractivity contribution < 1.29 is 75.8 Å². The highest BCUT2D eigenvalue weighted by Crippen LogP contribution is 2.45. The van der Waals surface area contributed by atoms with E-state index in [9.17, 15) is 43.5 Å². The van der Waals surface area contributed by atoms with Crippen LogP contribution in [0.5, 0.6) is 0 Å². The highest BCUT2D eigenvalue weighted by molar-refractivity contribution is 7.47. The van der Waals surface area contributed by atoms with E-state index < -0.39 is 91.5 Å². The van der Waals surface area contributed by atoms with Gasteiger partial charge in [0.2, 0.25) is 0 Å². The lowest BCUT2D eigenvalue weighted by molar-refractivity contribution is -0.161. The van der Waals surface area contributed by atoms with Gasteiger partial charge in [-0.15, -0.1) is 0 Å². The summed E-state index contributed by atoms with van der Waals surface area (Å²) in [7, 11) is -9.78. The normalized spacial score (nSPS) is 15.0. The fraction of sp³-hybridized carbons (Fsp3) is 0.687. The van der Waals surface area contributed by atoms with Crippen LogP contribution in [0.1, 0.15) is 239 Å². The van der Waals surface area contributed by atoms with Gasteiger partial charge in [0.05, 0.1) is 26.4 Å². The molecule has 0 aromatic carbocycles. The number of allylic oxidation sites excluding steroid dienone is 18. The lowest BCUT2D eigenvalue weighted by Crippen LogP contribution is -2.30. The molecular formula is C67H114O16P2. The molecule has 0 spiro atoms. The van der Waals surface area contributed by atoms with E-state index in [4.69, 9.17) is 32.3 Å². The first-order valence-corrected chi connectivity index (χ1v) is 35.2. The molecule has 0 fully saturated rings. The van der Waals surface area contributed by atoms with Crippen LogP contribution >= 0.6 is 15.6 Å². The van der Waals surface area contributed by atoms with Crippen LogP contribution in [0.4, 0.5) is 0 Å². The first-order chi connectivity index (χ1) is 41.2. The van der Waals surface area contributed by atoms with Crippen molar-refractivity contribution in [3.63, 3.8) is 0 Å². The summed E-state index contributed by atoms with van der Waals surface area (Å²) in [6, 6.07) is 0. The predicted octanol–water partition coefficient (Wildman–Crippen LogP) is 17.3. The molecule has 0 aliphatic heterocycles. The number of hydrogen-bond acceptors (Lipinski definition) is 14. The van der Waals surface area contributed by atoms with Crippen molar-refractivity contribution in [1.82, 2.24) is 0 Å². The number of aliphatic hydroxyl groups is 2. The molecule has 0 aliphatic carbocycles. The van der Waals surface area contributed by atoms with Gasteiger partial charge in [-0.05, 0) is 122 Å². The van der Waals surface area contributed by atoms with E-state index in [0.717, 1.165) is 148 Å². The summed E-state index contributed by atoms with van der Waals surface area (Å²) >= 11 is 0. The van der Waals surface area contributed by atoms with Gasteiger partial charge in [-0.3, -0.25) is 32.5 Å². The Balaban J connectivity index is 4.67. The summed E-state index contributed by atoms with van der Waals surface area (Å²) in [5.41, 5.74) is 0. The Hall–Kier alpha value is -3.79. The second-order valence-corrected chi connectivity index (χ2v) is 24.1. The van der Waals surface area contributed by atoms with E-state index in [0.29, 0.717) is 19.3 Å². The third kappa shape index (κ3) is 61.6. The Morgan fingerprint density at radius 1 is 0.341 bits per heavy atom. The number of carbonyl (C=O) groups is 3. The summed E-state index contributed by atoms with van der Waals surface area (Å²) in [6.45, 7) is 2.39. The van der Waals surface area contributed by atoms with Gasteiger partial charge in [-0.25, -0.2) is 9.13 Å². The lowest BCUT2D eigenvalue weighted by Gasteiger charge is -2.21. The van der Waals surface area contributed by atoms with Gasteiger partial charge < -0.3 is 34.2 Å². The number of aliphatic hydroxyl groups excluding tert-OH is 2. The molecule has 0 saturated carbocycles. The molecule has 0 saturated heterocycles. The second-order valence-electron chi connectivity index (χ2n) is 21.2.